The van der Waals surface area contributed by atoms with E-state index in [-0.39, 0.29) is 35.4 Å². The zero-order valence-corrected chi connectivity index (χ0v) is 27.4. The maximum Gasteiger partial charge on any atom is 0.170 e. The lowest BCUT2D eigenvalue weighted by Crippen LogP contribution is -2.59. The summed E-state index contributed by atoms with van der Waals surface area (Å²) in [7, 11) is 2.18. The summed E-state index contributed by atoms with van der Waals surface area (Å²) >= 11 is 0. The van der Waals surface area contributed by atoms with Gasteiger partial charge in [-0.1, -0.05) is 48.1 Å². The number of hydrogen-bond donors (Lipinski definition) is 1. The topological polar surface area (TPSA) is 51.2 Å². The third-order valence-corrected chi connectivity index (χ3v) is 15.7. The summed E-state index contributed by atoms with van der Waals surface area (Å²) in [5.41, 5.74) is 2.56. The van der Waals surface area contributed by atoms with Crippen LogP contribution in [-0.4, -0.2) is 67.5 Å². The molecule has 0 bridgehead atoms. The SMILES string of the molecule is C=C(C)[C@@H](O)[C@H]1C[C@@H](C)[C@H]2[C@H](O1)[C@H](C)[C@@]1(C)[C@@H]3CC[C@H]4C(C)(C)[C@@H](O[C@H]5CN(C)CCO5)CCC45C[C@@]35CC[C@]21C. The Hall–Kier alpha value is -0.460. The summed E-state index contributed by atoms with van der Waals surface area (Å²) in [4.78, 5) is 2.35. The minimum absolute atomic E-state index is 0.0808. The Bertz CT molecular complexity index is 1080. The van der Waals surface area contributed by atoms with Crippen molar-refractivity contribution in [3.05, 3.63) is 12.2 Å². The molecule has 5 heteroatoms. The second-order valence-corrected chi connectivity index (χ2v) is 17.4. The van der Waals surface area contributed by atoms with Crippen molar-refractivity contribution in [1.29, 1.82) is 0 Å². The molecule has 0 radical (unpaired) electrons. The minimum Gasteiger partial charge on any atom is -0.386 e. The van der Waals surface area contributed by atoms with E-state index in [9.17, 15) is 5.11 Å². The van der Waals surface area contributed by atoms with Gasteiger partial charge in [0, 0.05) is 13.1 Å². The van der Waals surface area contributed by atoms with Crippen LogP contribution < -0.4 is 0 Å². The summed E-state index contributed by atoms with van der Waals surface area (Å²) in [6.07, 6.45) is 10.1. The number of ether oxygens (including phenoxy) is 3. The molecule has 2 heterocycles. The number of aliphatic hydroxyl groups is 1. The number of morpholine rings is 1. The van der Waals surface area contributed by atoms with Crippen molar-refractivity contribution in [3.8, 4) is 0 Å². The molecule has 2 spiro atoms. The molecular weight excluding hydrogens is 510 g/mol. The lowest BCUT2D eigenvalue weighted by atomic mass is 9.40. The fourth-order valence-corrected chi connectivity index (χ4v) is 13.5. The van der Waals surface area contributed by atoms with Gasteiger partial charge in [0.2, 0.25) is 0 Å². The molecule has 5 aliphatic carbocycles. The van der Waals surface area contributed by atoms with Crippen LogP contribution in [0.2, 0.25) is 0 Å². The van der Waals surface area contributed by atoms with Crippen LogP contribution in [0.25, 0.3) is 0 Å². The van der Waals surface area contributed by atoms with Gasteiger partial charge in [-0.15, -0.1) is 0 Å². The van der Waals surface area contributed by atoms with Gasteiger partial charge < -0.3 is 19.3 Å². The van der Waals surface area contributed by atoms with Crippen LogP contribution in [-0.2, 0) is 14.2 Å². The molecule has 41 heavy (non-hydrogen) atoms. The van der Waals surface area contributed by atoms with Gasteiger partial charge in [0.1, 0.15) is 6.10 Å². The number of nitrogens with zero attached hydrogens (tertiary/aromatic N) is 1. The summed E-state index contributed by atoms with van der Waals surface area (Å²) in [5.74, 6) is 3.16. The quantitative estimate of drug-likeness (QED) is 0.383. The minimum atomic E-state index is -0.554. The van der Waals surface area contributed by atoms with E-state index in [1.165, 1.54) is 44.9 Å². The molecule has 0 aromatic rings. The molecule has 1 unspecified atom stereocenters. The smallest absolute Gasteiger partial charge is 0.170 e. The van der Waals surface area contributed by atoms with Gasteiger partial charge in [0.15, 0.2) is 6.29 Å². The normalized spacial score (nSPS) is 56.5. The van der Waals surface area contributed by atoms with Crippen LogP contribution in [0.4, 0.5) is 0 Å². The van der Waals surface area contributed by atoms with Crippen molar-refractivity contribution in [2.24, 2.45) is 56.7 Å². The van der Waals surface area contributed by atoms with Crippen LogP contribution in [0, 0.1) is 56.7 Å². The maximum absolute atomic E-state index is 11.0. The number of hydrogen-bond acceptors (Lipinski definition) is 5. The first-order valence-corrected chi connectivity index (χ1v) is 17.2. The average molecular weight is 570 g/mol. The largest absolute Gasteiger partial charge is 0.386 e. The highest BCUT2D eigenvalue weighted by Crippen LogP contribution is 2.89. The Balaban J connectivity index is 1.16. The summed E-state index contributed by atoms with van der Waals surface area (Å²) in [6, 6.07) is 0. The summed E-state index contributed by atoms with van der Waals surface area (Å²) in [6.45, 7) is 24.1. The van der Waals surface area contributed by atoms with Crippen LogP contribution in [0.3, 0.4) is 0 Å². The zero-order valence-electron chi connectivity index (χ0n) is 27.4. The molecule has 2 aliphatic heterocycles. The Morgan fingerprint density at radius 3 is 2.44 bits per heavy atom. The predicted octanol–water partition coefficient (Wildman–Crippen LogP) is 6.69. The van der Waals surface area contributed by atoms with Crippen LogP contribution in [0.15, 0.2) is 12.2 Å². The van der Waals surface area contributed by atoms with Gasteiger partial charge >= 0.3 is 0 Å². The van der Waals surface area contributed by atoms with Crippen molar-refractivity contribution in [2.75, 3.05) is 26.7 Å². The Kier molecular flexibility index (Phi) is 6.63. The van der Waals surface area contributed by atoms with Crippen LogP contribution in [0.1, 0.15) is 99.8 Å². The maximum atomic E-state index is 11.0. The molecule has 7 fully saturated rings. The van der Waals surface area contributed by atoms with Gasteiger partial charge in [-0.05, 0) is 128 Å². The van der Waals surface area contributed by atoms with Crippen LogP contribution >= 0.6 is 0 Å². The first-order chi connectivity index (χ1) is 19.2. The van der Waals surface area contributed by atoms with E-state index in [0.717, 1.165) is 43.5 Å². The highest BCUT2D eigenvalue weighted by atomic mass is 16.7. The van der Waals surface area contributed by atoms with E-state index in [0.29, 0.717) is 34.0 Å². The molecule has 2 saturated heterocycles. The van der Waals surface area contributed by atoms with E-state index >= 15 is 0 Å². The molecule has 1 N–H and O–H groups in total. The Morgan fingerprint density at radius 2 is 1.73 bits per heavy atom. The lowest BCUT2D eigenvalue weighted by molar-refractivity contribution is -0.246. The average Bonchev–Trinajstić information content (AvgIpc) is 3.54. The molecule has 7 rings (SSSR count). The first-order valence-electron chi connectivity index (χ1n) is 17.2. The van der Waals surface area contributed by atoms with Gasteiger partial charge in [0.05, 0.1) is 24.9 Å². The molecular formula is C36H59NO4. The lowest BCUT2D eigenvalue weighted by Gasteiger charge is -2.64. The van der Waals surface area contributed by atoms with E-state index in [2.05, 4.69) is 60.1 Å². The highest BCUT2D eigenvalue weighted by molar-refractivity contribution is 5.32. The fourth-order valence-electron chi connectivity index (χ4n) is 13.5. The highest BCUT2D eigenvalue weighted by Gasteiger charge is 2.84. The van der Waals surface area contributed by atoms with E-state index in [1.54, 1.807) is 0 Å². The standard InChI is InChI=1S/C36H59NO4/c1-21(2)30(38)24-18-22(3)29-31(40-24)23(4)34(8)26-11-10-25-32(5,6)27(41-28-19-37(9)16-17-39-28)12-13-35(25)20-36(26,35)15-14-33(29,34)7/h22-31,38H,1,10-20H2,2-9H3/t22-,23+,24-,25+,26+,27+,28+,29+,30-,31-,33-,34+,35?,36+/m1/s1. The molecule has 14 atom stereocenters. The first kappa shape index (κ1) is 29.3. The van der Waals surface area contributed by atoms with E-state index < -0.39 is 6.10 Å². The third kappa shape index (κ3) is 3.65. The van der Waals surface area contributed by atoms with E-state index in [4.69, 9.17) is 14.2 Å². The van der Waals surface area contributed by atoms with E-state index in [1.807, 2.05) is 6.92 Å². The van der Waals surface area contributed by atoms with Gasteiger partial charge in [-0.2, -0.15) is 0 Å². The number of rotatable bonds is 4. The van der Waals surface area contributed by atoms with Gasteiger partial charge in [-0.3, -0.25) is 4.90 Å². The summed E-state index contributed by atoms with van der Waals surface area (Å²) in [5, 5.41) is 11.0. The fraction of sp³-hybridized carbons (Fsp3) is 0.944. The molecule has 0 aromatic heterocycles. The van der Waals surface area contributed by atoms with Crippen LogP contribution in [0.5, 0.6) is 0 Å². The van der Waals surface area contributed by atoms with Crippen molar-refractivity contribution in [1.82, 2.24) is 4.90 Å². The van der Waals surface area contributed by atoms with Crippen molar-refractivity contribution in [2.45, 2.75) is 131 Å². The van der Waals surface area contributed by atoms with Crippen molar-refractivity contribution in [3.63, 3.8) is 0 Å². The Labute approximate surface area is 250 Å². The monoisotopic (exact) mass is 569 g/mol. The molecule has 0 amide bonds. The third-order valence-electron chi connectivity index (χ3n) is 15.7. The number of fused-ring (bicyclic) bond motifs is 4. The molecule has 0 aromatic carbocycles. The molecule has 7 aliphatic rings. The predicted molar refractivity (Wildman–Crippen MR) is 162 cm³/mol. The second-order valence-electron chi connectivity index (χ2n) is 17.4. The molecule has 5 saturated carbocycles. The van der Waals surface area contributed by atoms with Gasteiger partial charge in [-0.25, -0.2) is 0 Å². The molecule has 5 nitrogen and oxygen atoms in total. The second kappa shape index (κ2) is 9.28. The summed E-state index contributed by atoms with van der Waals surface area (Å²) < 4.78 is 19.8. The number of aliphatic hydroxyl groups excluding tert-OH is 1. The Morgan fingerprint density at radius 1 is 1.02 bits per heavy atom. The van der Waals surface area contributed by atoms with Crippen molar-refractivity contribution >= 4 is 0 Å². The van der Waals surface area contributed by atoms with Gasteiger partial charge in [0.25, 0.3) is 0 Å². The zero-order chi connectivity index (χ0) is 29.3. The number of likely N-dealkylation sites (N-methyl/N-ethyl adjacent to an activating group) is 1. The van der Waals surface area contributed by atoms with Crippen molar-refractivity contribution < 1.29 is 19.3 Å². The molecule has 232 valence electrons.